The first kappa shape index (κ1) is 24.0. The zero-order chi connectivity index (χ0) is 24.4. The van der Waals surface area contributed by atoms with Gasteiger partial charge in [-0.1, -0.05) is 23.5 Å². The quantitative estimate of drug-likeness (QED) is 0.465. The van der Waals surface area contributed by atoms with Gasteiger partial charge in [0.1, 0.15) is 6.04 Å². The molecule has 1 aromatic carbocycles. The molecule has 178 valence electrons. The topological polar surface area (TPSA) is 79.1 Å². The minimum atomic E-state index is -0.584. The maximum Gasteiger partial charge on any atom is 0.338 e. The predicted molar refractivity (Wildman–Crippen MR) is 133 cm³/mol. The van der Waals surface area contributed by atoms with Crippen LogP contribution in [0.3, 0.4) is 0 Å². The number of carbonyl (C=O) groups excluding carboxylic acids is 1. The Balaban J connectivity index is 1.86. The largest absolute Gasteiger partial charge is 0.493 e. The molecule has 0 saturated heterocycles. The summed E-state index contributed by atoms with van der Waals surface area (Å²) in [6.45, 7) is 7.82. The second kappa shape index (κ2) is 9.99. The van der Waals surface area contributed by atoms with Crippen molar-refractivity contribution in [3.8, 4) is 11.5 Å². The van der Waals surface area contributed by atoms with Gasteiger partial charge >= 0.3 is 5.97 Å². The highest BCUT2D eigenvalue weighted by molar-refractivity contribution is 7.10. The maximum absolute atomic E-state index is 13.6. The first-order valence-electron chi connectivity index (χ1n) is 10.9. The lowest BCUT2D eigenvalue weighted by Gasteiger charge is -2.24. The number of aromatic nitrogens is 1. The monoisotopic (exact) mass is 498 g/mol. The third kappa shape index (κ3) is 4.58. The van der Waals surface area contributed by atoms with Gasteiger partial charge in [0.25, 0.3) is 5.56 Å². The highest BCUT2D eigenvalue weighted by atomic mass is 32.1. The van der Waals surface area contributed by atoms with Crippen LogP contribution in [-0.2, 0) is 9.53 Å². The molecule has 0 saturated carbocycles. The van der Waals surface area contributed by atoms with Crippen molar-refractivity contribution in [1.29, 1.82) is 0 Å². The number of thiazole rings is 1. The summed E-state index contributed by atoms with van der Waals surface area (Å²) in [6.07, 6.45) is 1.52. The van der Waals surface area contributed by atoms with E-state index in [9.17, 15) is 9.59 Å². The Hall–Kier alpha value is -3.17. The van der Waals surface area contributed by atoms with Crippen molar-refractivity contribution in [3.63, 3.8) is 0 Å². The highest BCUT2D eigenvalue weighted by Crippen LogP contribution is 2.33. The summed E-state index contributed by atoms with van der Waals surface area (Å²) in [5.41, 5.74) is 1.53. The van der Waals surface area contributed by atoms with Crippen molar-refractivity contribution < 1.29 is 19.0 Å². The van der Waals surface area contributed by atoms with Crippen LogP contribution in [0.1, 0.15) is 44.2 Å². The fourth-order valence-electron chi connectivity index (χ4n) is 3.78. The third-order valence-electron chi connectivity index (χ3n) is 5.18. The average molecular weight is 499 g/mol. The van der Waals surface area contributed by atoms with Gasteiger partial charge in [0, 0.05) is 4.88 Å². The van der Waals surface area contributed by atoms with E-state index in [0.717, 1.165) is 10.4 Å². The number of ether oxygens (including phenoxy) is 3. The van der Waals surface area contributed by atoms with Gasteiger partial charge < -0.3 is 14.2 Å². The molecule has 1 unspecified atom stereocenters. The van der Waals surface area contributed by atoms with Crippen LogP contribution in [0.4, 0.5) is 0 Å². The lowest BCUT2D eigenvalue weighted by Crippen LogP contribution is -2.39. The smallest absolute Gasteiger partial charge is 0.338 e. The van der Waals surface area contributed by atoms with Crippen LogP contribution < -0.4 is 24.4 Å². The lowest BCUT2D eigenvalue weighted by molar-refractivity contribution is -0.143. The Morgan fingerprint density at radius 1 is 1.26 bits per heavy atom. The molecule has 7 nitrogen and oxygen atoms in total. The van der Waals surface area contributed by atoms with Crippen LogP contribution in [0.5, 0.6) is 11.5 Å². The Morgan fingerprint density at radius 2 is 2.06 bits per heavy atom. The zero-order valence-electron chi connectivity index (χ0n) is 19.7. The molecule has 3 heterocycles. The van der Waals surface area contributed by atoms with E-state index in [0.29, 0.717) is 38.7 Å². The molecule has 0 N–H and O–H groups in total. The summed E-state index contributed by atoms with van der Waals surface area (Å²) in [4.78, 5) is 32.7. The van der Waals surface area contributed by atoms with Crippen LogP contribution in [0.2, 0.25) is 0 Å². The minimum Gasteiger partial charge on any atom is -0.493 e. The Bertz CT molecular complexity index is 1410. The molecular formula is C25H26N2O5S2. The number of allylic oxidation sites excluding steroid dienone is 1. The van der Waals surface area contributed by atoms with Gasteiger partial charge in [0.15, 0.2) is 16.3 Å². The molecule has 2 aromatic heterocycles. The molecule has 0 amide bonds. The van der Waals surface area contributed by atoms with Crippen LogP contribution >= 0.6 is 22.7 Å². The van der Waals surface area contributed by atoms with Crippen molar-refractivity contribution >= 4 is 34.7 Å². The molecule has 0 spiro atoms. The summed E-state index contributed by atoms with van der Waals surface area (Å²) in [5.74, 6) is 0.778. The van der Waals surface area contributed by atoms with Gasteiger partial charge in [-0.15, -0.1) is 11.3 Å². The van der Waals surface area contributed by atoms with Gasteiger partial charge in [-0.3, -0.25) is 9.36 Å². The SMILES string of the molecule is CCOc1ccc(/C=c2/sc3n(c2=O)C(c2cccs2)C(C(=O)OC(C)C)=C(C)N=3)cc1OC. The molecule has 34 heavy (non-hydrogen) atoms. The number of methoxy groups -OCH3 is 1. The second-order valence-corrected chi connectivity index (χ2v) is 9.88. The van der Waals surface area contributed by atoms with E-state index in [1.54, 1.807) is 38.5 Å². The molecule has 0 fully saturated rings. The molecule has 1 aliphatic rings. The van der Waals surface area contributed by atoms with Crippen molar-refractivity contribution in [3.05, 3.63) is 77.1 Å². The number of esters is 1. The fourth-order valence-corrected chi connectivity index (χ4v) is 5.65. The standard InChI is InChI=1S/C25H26N2O5S2/c1-6-31-17-10-9-16(12-18(17)30-5)13-20-23(28)27-22(19-8-7-11-33-19)21(24(29)32-14(2)3)15(4)26-25(27)34-20/h7-14,22H,6H2,1-5H3/b20-13+. The highest BCUT2D eigenvalue weighted by Gasteiger charge is 2.34. The molecule has 4 rings (SSSR count). The maximum atomic E-state index is 13.6. The number of fused-ring (bicyclic) bond motifs is 1. The van der Waals surface area contributed by atoms with Crippen LogP contribution in [-0.4, -0.2) is 30.4 Å². The molecular weight excluding hydrogens is 472 g/mol. The molecule has 9 heteroatoms. The van der Waals surface area contributed by atoms with E-state index in [1.165, 1.54) is 22.7 Å². The molecule has 1 aliphatic heterocycles. The van der Waals surface area contributed by atoms with Crippen molar-refractivity contribution in [2.45, 2.75) is 39.8 Å². The summed E-state index contributed by atoms with van der Waals surface area (Å²) >= 11 is 2.78. The summed E-state index contributed by atoms with van der Waals surface area (Å²) in [6, 6.07) is 8.77. The minimum absolute atomic E-state index is 0.211. The Kier molecular flexibility index (Phi) is 7.04. The molecule has 0 aliphatic carbocycles. The van der Waals surface area contributed by atoms with E-state index in [1.807, 2.05) is 42.6 Å². The number of rotatable bonds is 7. The number of hydrogen-bond donors (Lipinski definition) is 0. The van der Waals surface area contributed by atoms with E-state index in [2.05, 4.69) is 4.99 Å². The number of hydrogen-bond acceptors (Lipinski definition) is 8. The van der Waals surface area contributed by atoms with Crippen LogP contribution in [0.15, 0.2) is 56.8 Å². The number of benzene rings is 1. The van der Waals surface area contributed by atoms with Gasteiger partial charge in [-0.25, -0.2) is 9.79 Å². The Morgan fingerprint density at radius 3 is 2.71 bits per heavy atom. The molecule has 1 atom stereocenters. The summed E-state index contributed by atoms with van der Waals surface area (Å²) in [7, 11) is 1.58. The summed E-state index contributed by atoms with van der Waals surface area (Å²) < 4.78 is 18.6. The van der Waals surface area contributed by atoms with Crippen molar-refractivity contribution in [2.75, 3.05) is 13.7 Å². The van der Waals surface area contributed by atoms with Crippen molar-refractivity contribution in [2.24, 2.45) is 4.99 Å². The number of thiophene rings is 1. The average Bonchev–Trinajstić information content (AvgIpc) is 3.42. The van der Waals surface area contributed by atoms with Gasteiger partial charge in [-0.05, 0) is 62.9 Å². The first-order valence-corrected chi connectivity index (χ1v) is 12.6. The van der Waals surface area contributed by atoms with E-state index in [-0.39, 0.29) is 11.7 Å². The van der Waals surface area contributed by atoms with Crippen LogP contribution in [0.25, 0.3) is 6.08 Å². The molecule has 0 bridgehead atoms. The third-order valence-corrected chi connectivity index (χ3v) is 7.09. The normalized spacial score (nSPS) is 15.8. The van der Waals surface area contributed by atoms with E-state index < -0.39 is 12.0 Å². The fraction of sp³-hybridized carbons (Fsp3) is 0.320. The number of nitrogens with zero attached hydrogens (tertiary/aromatic N) is 2. The first-order chi connectivity index (χ1) is 16.3. The number of carbonyl (C=O) groups is 1. The van der Waals surface area contributed by atoms with Gasteiger partial charge in [0.05, 0.1) is 35.6 Å². The van der Waals surface area contributed by atoms with E-state index >= 15 is 0 Å². The second-order valence-electron chi connectivity index (χ2n) is 7.89. The summed E-state index contributed by atoms with van der Waals surface area (Å²) in [5, 5.41) is 1.93. The molecule has 0 radical (unpaired) electrons. The van der Waals surface area contributed by atoms with E-state index in [4.69, 9.17) is 14.2 Å². The lowest BCUT2D eigenvalue weighted by atomic mass is 10.0. The molecule has 3 aromatic rings. The predicted octanol–water partition coefficient (Wildman–Crippen LogP) is 3.66. The Labute approximate surface area is 205 Å². The van der Waals surface area contributed by atoms with Crippen LogP contribution in [0, 0.1) is 0 Å². The van der Waals surface area contributed by atoms with Gasteiger partial charge in [0.2, 0.25) is 0 Å². The van der Waals surface area contributed by atoms with Gasteiger partial charge in [-0.2, -0.15) is 0 Å². The van der Waals surface area contributed by atoms with Crippen molar-refractivity contribution in [1.82, 2.24) is 4.57 Å². The zero-order valence-corrected chi connectivity index (χ0v) is 21.3.